The molecule has 0 spiro atoms. The second-order valence-electron chi connectivity index (χ2n) is 7.54. The van der Waals surface area contributed by atoms with Crippen molar-refractivity contribution in [3.63, 3.8) is 0 Å². The molecule has 4 rings (SSSR count). The molecule has 1 aliphatic rings. The minimum atomic E-state index is -0.0906. The van der Waals surface area contributed by atoms with Crippen LogP contribution in [0.5, 0.6) is 5.75 Å². The minimum Gasteiger partial charge on any atom is -0.496 e. The molecular weight excluding hydrogens is 341 g/mol. The fourth-order valence-corrected chi connectivity index (χ4v) is 4.30. The van der Waals surface area contributed by atoms with Crippen molar-refractivity contribution in [1.29, 1.82) is 0 Å². The maximum Gasteiger partial charge on any atom is 0.134 e. The number of fused-ring (bicyclic) bond motifs is 2. The summed E-state index contributed by atoms with van der Waals surface area (Å²) in [5.41, 5.74) is 4.13. The topological polar surface area (TPSA) is 25.6 Å². The number of hydrogen-bond acceptors (Lipinski definition) is 3. The number of benzene rings is 2. The van der Waals surface area contributed by atoms with E-state index in [1.54, 1.807) is 25.5 Å². The van der Waals surface area contributed by atoms with Gasteiger partial charge in [-0.3, -0.25) is 0 Å². The zero-order valence-corrected chi connectivity index (χ0v) is 16.0. The van der Waals surface area contributed by atoms with Crippen LogP contribution in [0.1, 0.15) is 35.4 Å². The van der Waals surface area contributed by atoms with Gasteiger partial charge in [-0.15, -0.1) is 0 Å². The second-order valence-corrected chi connectivity index (χ2v) is 7.54. The highest BCUT2D eigenvalue weighted by atomic mass is 19.1. The van der Waals surface area contributed by atoms with E-state index < -0.39 is 0 Å². The summed E-state index contributed by atoms with van der Waals surface area (Å²) in [5, 5.41) is 1.13. The molecule has 0 saturated heterocycles. The van der Waals surface area contributed by atoms with Crippen molar-refractivity contribution in [2.24, 2.45) is 0 Å². The summed E-state index contributed by atoms with van der Waals surface area (Å²) in [4.78, 5) is 2.31. The highest BCUT2D eigenvalue weighted by Crippen LogP contribution is 2.38. The van der Waals surface area contributed by atoms with Gasteiger partial charge in [0.25, 0.3) is 0 Å². The zero-order chi connectivity index (χ0) is 18.8. The highest BCUT2D eigenvalue weighted by Gasteiger charge is 2.27. The highest BCUT2D eigenvalue weighted by molar-refractivity contribution is 5.77. The predicted octanol–water partition coefficient (Wildman–Crippen LogP) is 5.17. The molecule has 0 unspecified atom stereocenters. The van der Waals surface area contributed by atoms with E-state index in [4.69, 9.17) is 9.15 Å². The summed E-state index contributed by atoms with van der Waals surface area (Å²) in [5.74, 6) is 0.957. The van der Waals surface area contributed by atoms with E-state index in [0.717, 1.165) is 66.6 Å². The quantitative estimate of drug-likeness (QED) is 0.601. The lowest BCUT2D eigenvalue weighted by atomic mass is 9.81. The van der Waals surface area contributed by atoms with Crippen molar-refractivity contribution in [1.82, 2.24) is 4.90 Å². The Morgan fingerprint density at radius 3 is 2.96 bits per heavy atom. The summed E-state index contributed by atoms with van der Waals surface area (Å²) < 4.78 is 25.5. The average molecular weight is 367 g/mol. The number of rotatable bonds is 6. The third-order valence-corrected chi connectivity index (χ3v) is 5.70. The predicted molar refractivity (Wildman–Crippen MR) is 106 cm³/mol. The van der Waals surface area contributed by atoms with Crippen LogP contribution in [0.25, 0.3) is 11.0 Å². The molecule has 4 heteroatoms. The van der Waals surface area contributed by atoms with Gasteiger partial charge in [0.2, 0.25) is 0 Å². The molecule has 1 atom stereocenters. The zero-order valence-electron chi connectivity index (χ0n) is 16.0. The molecule has 0 radical (unpaired) electrons. The summed E-state index contributed by atoms with van der Waals surface area (Å²) in [6.45, 7) is 1.80. The number of nitrogens with zero attached hydrogens (tertiary/aromatic N) is 1. The Labute approximate surface area is 159 Å². The van der Waals surface area contributed by atoms with Crippen LogP contribution in [0, 0.1) is 5.82 Å². The van der Waals surface area contributed by atoms with Gasteiger partial charge >= 0.3 is 0 Å². The monoisotopic (exact) mass is 367 g/mol. The molecule has 2 aromatic carbocycles. The van der Waals surface area contributed by atoms with Crippen molar-refractivity contribution in [3.05, 3.63) is 65.2 Å². The van der Waals surface area contributed by atoms with Gasteiger partial charge in [-0.25, -0.2) is 4.39 Å². The number of hydrogen-bond donors (Lipinski definition) is 0. The summed E-state index contributed by atoms with van der Waals surface area (Å²) >= 11 is 0. The molecule has 1 heterocycles. The van der Waals surface area contributed by atoms with Crippen molar-refractivity contribution in [3.8, 4) is 5.75 Å². The Morgan fingerprint density at radius 1 is 1.22 bits per heavy atom. The molecule has 0 aliphatic heterocycles. The lowest BCUT2D eigenvalue weighted by molar-refractivity contribution is 0.295. The van der Waals surface area contributed by atoms with Crippen LogP contribution in [-0.4, -0.2) is 32.1 Å². The average Bonchev–Trinajstić information content (AvgIpc) is 3.14. The number of halogens is 1. The minimum absolute atomic E-state index is 0.0906. The number of methoxy groups -OCH3 is 1. The maximum absolute atomic E-state index is 14.6. The van der Waals surface area contributed by atoms with Gasteiger partial charge in [-0.1, -0.05) is 12.1 Å². The van der Waals surface area contributed by atoms with Gasteiger partial charge in [0.1, 0.15) is 17.1 Å². The number of likely N-dealkylation sites (N-methyl/N-ethyl adjacent to an activating group) is 1. The standard InChI is InChI=1S/C23H26FNO2/c1-25(12-10-16-6-7-17-11-13-27-22(17)14-16)15-18-4-3-5-19-21(26-2)9-8-20(24)23(18)19/h6-9,11,13-14,18H,3-5,10,12,15H2,1-2H3/t18-/m0/s1. The fraction of sp³-hybridized carbons (Fsp3) is 0.391. The Bertz CT molecular complexity index is 933. The van der Waals surface area contributed by atoms with Gasteiger partial charge in [-0.05, 0) is 74.0 Å². The van der Waals surface area contributed by atoms with Crippen LogP contribution in [-0.2, 0) is 12.8 Å². The first-order valence-electron chi connectivity index (χ1n) is 9.65. The number of ether oxygens (including phenoxy) is 1. The van der Waals surface area contributed by atoms with E-state index in [0.29, 0.717) is 0 Å². The van der Waals surface area contributed by atoms with E-state index in [2.05, 4.69) is 30.1 Å². The Kier molecular flexibility index (Phi) is 5.17. The molecule has 0 fully saturated rings. The summed E-state index contributed by atoms with van der Waals surface area (Å²) in [6, 6.07) is 11.7. The van der Waals surface area contributed by atoms with E-state index >= 15 is 0 Å². The molecular formula is C23H26FNO2. The van der Waals surface area contributed by atoms with Gasteiger partial charge < -0.3 is 14.1 Å². The molecule has 1 aliphatic carbocycles. The van der Waals surface area contributed by atoms with Crippen LogP contribution in [0.3, 0.4) is 0 Å². The van der Waals surface area contributed by atoms with E-state index in [1.165, 1.54) is 5.56 Å². The molecule has 3 aromatic rings. The molecule has 142 valence electrons. The molecule has 0 N–H and O–H groups in total. The van der Waals surface area contributed by atoms with Gasteiger partial charge in [-0.2, -0.15) is 0 Å². The lowest BCUT2D eigenvalue weighted by Gasteiger charge is -2.30. The maximum atomic E-state index is 14.6. The Balaban J connectivity index is 1.43. The normalized spacial score (nSPS) is 16.7. The van der Waals surface area contributed by atoms with Crippen molar-refractivity contribution >= 4 is 11.0 Å². The van der Waals surface area contributed by atoms with Crippen molar-refractivity contribution in [2.75, 3.05) is 27.2 Å². The molecule has 0 bridgehead atoms. The van der Waals surface area contributed by atoms with Gasteiger partial charge in [0, 0.05) is 24.0 Å². The lowest BCUT2D eigenvalue weighted by Crippen LogP contribution is -2.29. The van der Waals surface area contributed by atoms with Crippen LogP contribution in [0.15, 0.2) is 47.1 Å². The SMILES string of the molecule is COc1ccc(F)c2c1CCC[C@H]2CN(C)CCc1ccc2ccoc2c1. The van der Waals surface area contributed by atoms with E-state index in [1.807, 2.05) is 6.07 Å². The van der Waals surface area contributed by atoms with Crippen molar-refractivity contribution in [2.45, 2.75) is 31.6 Å². The van der Waals surface area contributed by atoms with Crippen LogP contribution < -0.4 is 4.74 Å². The smallest absolute Gasteiger partial charge is 0.134 e. The first-order valence-corrected chi connectivity index (χ1v) is 9.65. The summed E-state index contributed by atoms with van der Waals surface area (Å²) in [6.07, 6.45) is 5.69. The van der Waals surface area contributed by atoms with Crippen LogP contribution in [0.4, 0.5) is 4.39 Å². The molecule has 1 aromatic heterocycles. The van der Waals surface area contributed by atoms with Gasteiger partial charge in [0.05, 0.1) is 13.4 Å². The van der Waals surface area contributed by atoms with Crippen LogP contribution in [0.2, 0.25) is 0 Å². The first-order chi connectivity index (χ1) is 13.2. The largest absolute Gasteiger partial charge is 0.496 e. The first kappa shape index (κ1) is 18.1. The van der Waals surface area contributed by atoms with Gasteiger partial charge in [0.15, 0.2) is 0 Å². The second kappa shape index (κ2) is 7.73. The van der Waals surface area contributed by atoms with E-state index in [-0.39, 0.29) is 11.7 Å². The summed E-state index contributed by atoms with van der Waals surface area (Å²) in [7, 11) is 3.79. The molecule has 3 nitrogen and oxygen atoms in total. The Hall–Kier alpha value is -2.33. The van der Waals surface area contributed by atoms with Crippen molar-refractivity contribution < 1.29 is 13.5 Å². The fourth-order valence-electron chi connectivity index (χ4n) is 4.30. The molecule has 0 amide bonds. The molecule has 27 heavy (non-hydrogen) atoms. The third kappa shape index (κ3) is 3.72. The van der Waals surface area contributed by atoms with E-state index in [9.17, 15) is 4.39 Å². The Morgan fingerprint density at radius 2 is 2.11 bits per heavy atom. The van der Waals surface area contributed by atoms with Crippen LogP contribution >= 0.6 is 0 Å². The third-order valence-electron chi connectivity index (χ3n) is 5.70. The molecule has 0 saturated carbocycles. The number of furan rings is 1.